The van der Waals surface area contributed by atoms with E-state index in [0.717, 1.165) is 17.8 Å². The standard InChI is InChI=1S/C13H17BrFNO2/c1-8(2)12(5-6-14)16-13(18)10-4-3-9(17)7-11(10)15/h3-4,7-8,12,17H,5-6H2,1-2H3,(H,16,18). The van der Waals surface area contributed by atoms with Crippen molar-refractivity contribution < 1.29 is 14.3 Å². The lowest BCUT2D eigenvalue weighted by atomic mass is 10.0. The molecule has 1 unspecified atom stereocenters. The van der Waals surface area contributed by atoms with E-state index in [-0.39, 0.29) is 23.3 Å². The van der Waals surface area contributed by atoms with Crippen LogP contribution in [-0.2, 0) is 0 Å². The fourth-order valence-electron chi connectivity index (χ4n) is 1.62. The molecule has 100 valence electrons. The summed E-state index contributed by atoms with van der Waals surface area (Å²) in [5.74, 6) is -1.09. The maximum Gasteiger partial charge on any atom is 0.254 e. The second kappa shape index (κ2) is 6.73. The molecule has 18 heavy (non-hydrogen) atoms. The third-order valence-corrected chi connectivity index (χ3v) is 3.20. The van der Waals surface area contributed by atoms with E-state index in [1.54, 1.807) is 0 Å². The summed E-state index contributed by atoms with van der Waals surface area (Å²) in [4.78, 5) is 11.9. The number of carbonyl (C=O) groups is 1. The number of carbonyl (C=O) groups excluding carboxylic acids is 1. The molecule has 1 rings (SSSR count). The molecule has 1 atom stereocenters. The van der Waals surface area contributed by atoms with Crippen molar-refractivity contribution in [3.63, 3.8) is 0 Å². The number of amides is 1. The topological polar surface area (TPSA) is 49.3 Å². The van der Waals surface area contributed by atoms with Gasteiger partial charge in [0.15, 0.2) is 0 Å². The maximum absolute atomic E-state index is 13.5. The van der Waals surface area contributed by atoms with Gasteiger partial charge in [0.05, 0.1) is 5.56 Å². The Kier molecular flexibility index (Phi) is 5.59. The van der Waals surface area contributed by atoms with Crippen molar-refractivity contribution in [3.05, 3.63) is 29.6 Å². The minimum absolute atomic E-state index is 0.00919. The molecule has 1 aromatic carbocycles. The van der Waals surface area contributed by atoms with E-state index in [1.165, 1.54) is 12.1 Å². The summed E-state index contributed by atoms with van der Waals surface area (Å²) in [6, 6.07) is 3.51. The predicted octanol–water partition coefficient (Wildman–Crippen LogP) is 3.07. The van der Waals surface area contributed by atoms with Crippen LogP contribution in [0.3, 0.4) is 0 Å². The zero-order valence-corrected chi connectivity index (χ0v) is 12.0. The Labute approximate surface area is 115 Å². The molecule has 1 amide bonds. The fourth-order valence-corrected chi connectivity index (χ4v) is 2.12. The van der Waals surface area contributed by atoms with Crippen molar-refractivity contribution in [2.24, 2.45) is 5.92 Å². The van der Waals surface area contributed by atoms with E-state index in [0.29, 0.717) is 0 Å². The molecule has 0 saturated carbocycles. The van der Waals surface area contributed by atoms with Crippen LogP contribution in [0.5, 0.6) is 5.75 Å². The highest BCUT2D eigenvalue weighted by Gasteiger charge is 2.18. The molecule has 0 fully saturated rings. The minimum Gasteiger partial charge on any atom is -0.508 e. The Morgan fingerprint density at radius 1 is 1.50 bits per heavy atom. The molecule has 0 aliphatic heterocycles. The molecule has 0 bridgehead atoms. The van der Waals surface area contributed by atoms with Crippen molar-refractivity contribution in [3.8, 4) is 5.75 Å². The Hall–Kier alpha value is -1.10. The van der Waals surface area contributed by atoms with E-state index in [1.807, 2.05) is 13.8 Å². The average Bonchev–Trinajstić information content (AvgIpc) is 2.27. The number of alkyl halides is 1. The molecule has 0 heterocycles. The lowest BCUT2D eigenvalue weighted by Crippen LogP contribution is -2.39. The highest BCUT2D eigenvalue weighted by Crippen LogP contribution is 2.16. The van der Waals surface area contributed by atoms with Gasteiger partial charge >= 0.3 is 0 Å². The smallest absolute Gasteiger partial charge is 0.254 e. The molecular formula is C13H17BrFNO2. The summed E-state index contributed by atoms with van der Waals surface area (Å²) in [6.07, 6.45) is 0.781. The quantitative estimate of drug-likeness (QED) is 0.820. The minimum atomic E-state index is -0.714. The second-order valence-electron chi connectivity index (χ2n) is 4.47. The van der Waals surface area contributed by atoms with Gasteiger partial charge in [-0.2, -0.15) is 0 Å². The van der Waals surface area contributed by atoms with Crippen LogP contribution in [0.4, 0.5) is 4.39 Å². The van der Waals surface area contributed by atoms with Crippen molar-refractivity contribution in [1.29, 1.82) is 0 Å². The zero-order chi connectivity index (χ0) is 13.7. The summed E-state index contributed by atoms with van der Waals surface area (Å²) in [6.45, 7) is 4.00. The highest BCUT2D eigenvalue weighted by atomic mass is 79.9. The molecule has 1 aromatic rings. The number of phenolic OH excluding ortho intramolecular Hbond substituents is 1. The normalized spacial score (nSPS) is 12.5. The molecular weight excluding hydrogens is 301 g/mol. The monoisotopic (exact) mass is 317 g/mol. The Morgan fingerprint density at radius 3 is 2.67 bits per heavy atom. The predicted molar refractivity (Wildman–Crippen MR) is 72.6 cm³/mol. The molecule has 0 spiro atoms. The number of halogens is 2. The van der Waals surface area contributed by atoms with Crippen molar-refractivity contribution in [2.75, 3.05) is 5.33 Å². The number of nitrogens with one attached hydrogen (secondary N) is 1. The van der Waals surface area contributed by atoms with Crippen molar-refractivity contribution in [1.82, 2.24) is 5.32 Å². The number of rotatable bonds is 5. The summed E-state index contributed by atoms with van der Waals surface area (Å²) in [5.41, 5.74) is -0.0481. The van der Waals surface area contributed by atoms with E-state index >= 15 is 0 Å². The number of benzene rings is 1. The number of hydrogen-bond acceptors (Lipinski definition) is 2. The highest BCUT2D eigenvalue weighted by molar-refractivity contribution is 9.09. The first kappa shape index (κ1) is 15.0. The molecule has 0 aliphatic carbocycles. The van der Waals surface area contributed by atoms with Gasteiger partial charge in [-0.05, 0) is 24.5 Å². The van der Waals surface area contributed by atoms with Crippen molar-refractivity contribution >= 4 is 21.8 Å². The van der Waals surface area contributed by atoms with Gasteiger partial charge in [0.1, 0.15) is 11.6 Å². The Morgan fingerprint density at radius 2 is 2.17 bits per heavy atom. The van der Waals surface area contributed by atoms with E-state index < -0.39 is 11.7 Å². The summed E-state index contributed by atoms with van der Waals surface area (Å²) in [5, 5.41) is 12.7. The van der Waals surface area contributed by atoms with Crippen LogP contribution in [0.2, 0.25) is 0 Å². The molecule has 0 saturated heterocycles. The largest absolute Gasteiger partial charge is 0.508 e. The van der Waals surface area contributed by atoms with Crippen LogP contribution in [0.15, 0.2) is 18.2 Å². The van der Waals surface area contributed by atoms with Gasteiger partial charge in [-0.3, -0.25) is 4.79 Å². The van der Waals surface area contributed by atoms with Crippen LogP contribution in [-0.4, -0.2) is 22.4 Å². The van der Waals surface area contributed by atoms with Crippen LogP contribution >= 0.6 is 15.9 Å². The summed E-state index contributed by atoms with van der Waals surface area (Å²) < 4.78 is 13.5. The first-order valence-electron chi connectivity index (χ1n) is 5.81. The van der Waals surface area contributed by atoms with Gasteiger partial charge in [-0.25, -0.2) is 4.39 Å². The lowest BCUT2D eigenvalue weighted by molar-refractivity contribution is 0.0921. The molecule has 0 radical (unpaired) electrons. The van der Waals surface area contributed by atoms with Gasteiger partial charge in [-0.1, -0.05) is 29.8 Å². The van der Waals surface area contributed by atoms with Crippen LogP contribution < -0.4 is 5.32 Å². The molecule has 5 heteroatoms. The molecule has 0 aromatic heterocycles. The molecule has 0 aliphatic rings. The van der Waals surface area contributed by atoms with E-state index in [4.69, 9.17) is 5.11 Å². The summed E-state index contributed by atoms with van der Waals surface area (Å²) >= 11 is 3.33. The van der Waals surface area contributed by atoms with Gasteiger partial charge in [-0.15, -0.1) is 0 Å². The van der Waals surface area contributed by atoms with Gasteiger partial charge in [0.2, 0.25) is 0 Å². The third-order valence-electron chi connectivity index (χ3n) is 2.74. The number of hydrogen-bond donors (Lipinski definition) is 2. The number of phenols is 1. The molecule has 3 nitrogen and oxygen atoms in total. The second-order valence-corrected chi connectivity index (χ2v) is 5.26. The van der Waals surface area contributed by atoms with Crippen LogP contribution in [0.25, 0.3) is 0 Å². The van der Waals surface area contributed by atoms with E-state index in [9.17, 15) is 9.18 Å². The van der Waals surface area contributed by atoms with Gasteiger partial charge < -0.3 is 10.4 Å². The third kappa shape index (κ3) is 3.98. The number of aromatic hydroxyl groups is 1. The first-order chi connectivity index (χ1) is 8.45. The Balaban J connectivity index is 2.80. The molecule has 2 N–H and O–H groups in total. The van der Waals surface area contributed by atoms with Crippen LogP contribution in [0, 0.1) is 11.7 Å². The first-order valence-corrected chi connectivity index (χ1v) is 6.93. The maximum atomic E-state index is 13.5. The van der Waals surface area contributed by atoms with Gasteiger partial charge in [0, 0.05) is 17.4 Å². The fraction of sp³-hybridized carbons (Fsp3) is 0.462. The lowest BCUT2D eigenvalue weighted by Gasteiger charge is -2.21. The SMILES string of the molecule is CC(C)C(CCBr)NC(=O)c1ccc(O)cc1F. The van der Waals surface area contributed by atoms with Gasteiger partial charge in [0.25, 0.3) is 5.91 Å². The van der Waals surface area contributed by atoms with E-state index in [2.05, 4.69) is 21.2 Å². The van der Waals surface area contributed by atoms with Crippen molar-refractivity contribution in [2.45, 2.75) is 26.3 Å². The zero-order valence-electron chi connectivity index (χ0n) is 10.4. The average molecular weight is 318 g/mol. The van der Waals surface area contributed by atoms with Crippen LogP contribution in [0.1, 0.15) is 30.6 Å². The Bertz CT molecular complexity index is 423. The summed E-state index contributed by atoms with van der Waals surface area (Å²) in [7, 11) is 0.